The lowest BCUT2D eigenvalue weighted by atomic mass is 10.2. The molecule has 0 aliphatic heterocycles. The summed E-state index contributed by atoms with van der Waals surface area (Å²) in [7, 11) is -3.76. The minimum Gasteiger partial charge on any atom is -0.389 e. The van der Waals surface area contributed by atoms with Crippen molar-refractivity contribution in [3.63, 3.8) is 0 Å². The zero-order valence-corrected chi connectivity index (χ0v) is 13.6. The van der Waals surface area contributed by atoms with Gasteiger partial charge in [-0.2, -0.15) is 8.42 Å². The average molecular weight is 375 g/mol. The van der Waals surface area contributed by atoms with Crippen LogP contribution < -0.4 is 10.5 Å². The summed E-state index contributed by atoms with van der Waals surface area (Å²) in [6.07, 6.45) is 1.25. The molecule has 2 rings (SSSR count). The molecule has 0 atom stereocenters. The number of hydrogen-bond acceptors (Lipinski definition) is 4. The highest BCUT2D eigenvalue weighted by Crippen LogP contribution is 2.23. The number of nitrogens with one attached hydrogen (secondary N) is 2. The summed E-state index contributed by atoms with van der Waals surface area (Å²) in [4.78, 5) is 6.63. The van der Waals surface area contributed by atoms with Crippen LogP contribution in [0.2, 0.25) is 0 Å². The van der Waals surface area contributed by atoms with E-state index in [1.807, 2.05) is 0 Å². The van der Waals surface area contributed by atoms with Crippen LogP contribution in [0.5, 0.6) is 0 Å². The molecule has 0 aliphatic carbocycles. The van der Waals surface area contributed by atoms with E-state index in [0.29, 0.717) is 17.1 Å². The molecule has 0 radical (unpaired) electrons. The molecule has 20 heavy (non-hydrogen) atoms. The molecule has 4 N–H and O–H groups in total. The van der Waals surface area contributed by atoms with Gasteiger partial charge >= 0.3 is 0 Å². The van der Waals surface area contributed by atoms with Crippen LogP contribution in [0, 0.1) is 6.92 Å². The molecule has 0 aliphatic rings. The van der Waals surface area contributed by atoms with Crippen LogP contribution in [0.3, 0.4) is 0 Å². The smallest absolute Gasteiger partial charge is 0.279 e. The first-order valence-corrected chi connectivity index (χ1v) is 8.12. The number of nitrogens with zero attached hydrogens (tertiary/aromatic N) is 1. The van der Waals surface area contributed by atoms with Gasteiger partial charge in [-0.05, 0) is 25.1 Å². The second-order valence-electron chi connectivity index (χ2n) is 3.99. The Labute approximate surface area is 130 Å². The molecule has 0 spiro atoms. The van der Waals surface area contributed by atoms with E-state index in [9.17, 15) is 8.42 Å². The quantitative estimate of drug-likeness (QED) is 0.709. The van der Waals surface area contributed by atoms with Gasteiger partial charge in [0, 0.05) is 10.0 Å². The van der Waals surface area contributed by atoms with Crippen LogP contribution in [-0.2, 0) is 10.0 Å². The largest absolute Gasteiger partial charge is 0.389 e. The molecule has 0 saturated carbocycles. The van der Waals surface area contributed by atoms with Gasteiger partial charge in [0.1, 0.15) is 10.8 Å². The van der Waals surface area contributed by atoms with Crippen LogP contribution in [-0.4, -0.2) is 23.4 Å². The highest BCUT2D eigenvalue weighted by atomic mass is 79.9. The molecular weight excluding hydrogens is 364 g/mol. The highest BCUT2D eigenvalue weighted by Gasteiger charge is 2.19. The second kappa shape index (κ2) is 5.51. The van der Waals surface area contributed by atoms with Crippen LogP contribution in [0.25, 0.3) is 0 Å². The molecule has 0 fully saturated rings. The molecule has 0 unspecified atom stereocenters. The van der Waals surface area contributed by atoms with E-state index in [4.69, 9.17) is 18.0 Å². The van der Waals surface area contributed by atoms with Gasteiger partial charge in [0.05, 0.1) is 11.9 Å². The van der Waals surface area contributed by atoms with Gasteiger partial charge in [0.25, 0.3) is 10.0 Å². The van der Waals surface area contributed by atoms with E-state index in [1.54, 1.807) is 25.1 Å². The maximum absolute atomic E-state index is 12.2. The standard InChI is InChI=1S/C11H11BrN4O2S2/c1-6-14-5-10(15-6)20(17,18)16-9-3-2-7(12)4-8(9)11(13)19/h2-5,16H,1H3,(H2,13,19)(H,14,15). The summed E-state index contributed by atoms with van der Waals surface area (Å²) < 4.78 is 27.6. The predicted molar refractivity (Wildman–Crippen MR) is 84.2 cm³/mol. The number of imidazole rings is 1. The molecule has 0 amide bonds. The molecule has 106 valence electrons. The van der Waals surface area contributed by atoms with Crippen molar-refractivity contribution >= 4 is 48.8 Å². The Kier molecular flexibility index (Phi) is 4.11. The van der Waals surface area contributed by atoms with Crippen LogP contribution in [0.4, 0.5) is 5.69 Å². The molecule has 1 heterocycles. The van der Waals surface area contributed by atoms with Gasteiger partial charge in [-0.1, -0.05) is 28.1 Å². The Morgan fingerprint density at radius 1 is 1.50 bits per heavy atom. The Balaban J connectivity index is 2.42. The first-order chi connectivity index (χ1) is 9.29. The van der Waals surface area contributed by atoms with Crippen molar-refractivity contribution in [3.8, 4) is 0 Å². The van der Waals surface area contributed by atoms with Crippen molar-refractivity contribution in [2.45, 2.75) is 11.9 Å². The van der Waals surface area contributed by atoms with Gasteiger partial charge in [0.2, 0.25) is 0 Å². The number of aromatic amines is 1. The molecule has 9 heteroatoms. The van der Waals surface area contributed by atoms with Crippen LogP contribution >= 0.6 is 28.1 Å². The summed E-state index contributed by atoms with van der Waals surface area (Å²) in [5.74, 6) is 0.510. The van der Waals surface area contributed by atoms with Crippen molar-refractivity contribution < 1.29 is 8.42 Å². The van der Waals surface area contributed by atoms with E-state index < -0.39 is 10.0 Å². The number of halogens is 1. The zero-order valence-electron chi connectivity index (χ0n) is 10.3. The number of sulfonamides is 1. The third kappa shape index (κ3) is 3.17. The van der Waals surface area contributed by atoms with Gasteiger partial charge in [-0.3, -0.25) is 4.72 Å². The third-order valence-corrected chi connectivity index (χ3v) is 4.45. The number of anilines is 1. The van der Waals surface area contributed by atoms with Crippen molar-refractivity contribution in [1.82, 2.24) is 9.97 Å². The van der Waals surface area contributed by atoms with Crippen LogP contribution in [0.15, 0.2) is 33.9 Å². The molecule has 2 aromatic rings. The van der Waals surface area contributed by atoms with E-state index in [0.717, 1.165) is 4.47 Å². The number of H-pyrrole nitrogens is 1. The molecule has 0 bridgehead atoms. The fourth-order valence-corrected chi connectivity index (χ4v) is 3.12. The fraction of sp³-hybridized carbons (Fsp3) is 0.0909. The van der Waals surface area contributed by atoms with Crippen molar-refractivity contribution in [1.29, 1.82) is 0 Å². The van der Waals surface area contributed by atoms with Crippen molar-refractivity contribution in [2.75, 3.05) is 4.72 Å². The lowest BCUT2D eigenvalue weighted by molar-refractivity contribution is 0.598. The number of thiocarbonyl (C=S) groups is 1. The predicted octanol–water partition coefficient (Wildman–Crippen LogP) is 1.92. The summed E-state index contributed by atoms with van der Waals surface area (Å²) in [5, 5.41) is -0.0215. The highest BCUT2D eigenvalue weighted by molar-refractivity contribution is 9.10. The second-order valence-corrected chi connectivity index (χ2v) is 7.00. The normalized spacial score (nSPS) is 11.3. The number of aromatic nitrogens is 2. The maximum atomic E-state index is 12.2. The maximum Gasteiger partial charge on any atom is 0.279 e. The molecule has 1 aromatic heterocycles. The van der Waals surface area contributed by atoms with E-state index in [1.165, 1.54) is 6.20 Å². The topological polar surface area (TPSA) is 101 Å². The van der Waals surface area contributed by atoms with E-state index >= 15 is 0 Å². The number of nitrogens with two attached hydrogens (primary N) is 1. The number of hydrogen-bond donors (Lipinski definition) is 3. The van der Waals surface area contributed by atoms with Gasteiger partial charge in [-0.15, -0.1) is 0 Å². The van der Waals surface area contributed by atoms with E-state index in [-0.39, 0.29) is 10.0 Å². The summed E-state index contributed by atoms with van der Waals surface area (Å²) in [6.45, 7) is 1.67. The monoisotopic (exact) mass is 374 g/mol. The molecular formula is C11H11BrN4O2S2. The van der Waals surface area contributed by atoms with Gasteiger partial charge < -0.3 is 10.7 Å². The summed E-state index contributed by atoms with van der Waals surface area (Å²) >= 11 is 8.21. The van der Waals surface area contributed by atoms with Gasteiger partial charge in [0.15, 0.2) is 5.03 Å². The lowest BCUT2D eigenvalue weighted by Crippen LogP contribution is -2.18. The minimum absolute atomic E-state index is 0.0215. The van der Waals surface area contributed by atoms with Crippen molar-refractivity contribution in [3.05, 3.63) is 40.3 Å². The number of benzene rings is 1. The van der Waals surface area contributed by atoms with Gasteiger partial charge in [-0.25, -0.2) is 4.98 Å². The Bertz CT molecular complexity index is 770. The molecule has 6 nitrogen and oxygen atoms in total. The Morgan fingerprint density at radius 2 is 2.20 bits per heavy atom. The average Bonchev–Trinajstić information content (AvgIpc) is 2.78. The fourth-order valence-electron chi connectivity index (χ4n) is 1.54. The minimum atomic E-state index is -3.76. The number of rotatable bonds is 4. The Hall–Kier alpha value is -1.45. The number of aryl methyl sites for hydroxylation is 1. The molecule has 1 aromatic carbocycles. The lowest BCUT2D eigenvalue weighted by Gasteiger charge is -2.11. The SMILES string of the molecule is Cc1ncc(S(=O)(=O)Nc2ccc(Br)cc2C(N)=S)[nH]1. The Morgan fingerprint density at radius 3 is 2.75 bits per heavy atom. The summed E-state index contributed by atoms with van der Waals surface area (Å²) in [6, 6.07) is 4.93. The first-order valence-electron chi connectivity index (χ1n) is 5.43. The zero-order chi connectivity index (χ0) is 14.9. The van der Waals surface area contributed by atoms with E-state index in [2.05, 4.69) is 30.6 Å². The van der Waals surface area contributed by atoms with Crippen LogP contribution in [0.1, 0.15) is 11.4 Å². The van der Waals surface area contributed by atoms with Crippen molar-refractivity contribution in [2.24, 2.45) is 5.73 Å². The summed E-state index contributed by atoms with van der Waals surface area (Å²) in [5.41, 5.74) is 6.35. The molecule has 0 saturated heterocycles. The third-order valence-electron chi connectivity index (χ3n) is 2.46. The first kappa shape index (κ1) is 14.9.